The van der Waals surface area contributed by atoms with Crippen molar-refractivity contribution in [2.24, 2.45) is 10.2 Å². The molecule has 0 unspecified atom stereocenters. The van der Waals surface area contributed by atoms with Gasteiger partial charge < -0.3 is 23.7 Å². The molecule has 0 bridgehead atoms. The number of rotatable bonds is 6. The van der Waals surface area contributed by atoms with Crippen molar-refractivity contribution >= 4 is 23.0 Å². The number of hydrogen-bond donors (Lipinski definition) is 0. The van der Waals surface area contributed by atoms with Gasteiger partial charge in [0.25, 0.3) is 0 Å². The highest BCUT2D eigenvalue weighted by atomic mass is 35.5. The number of fused-ring (bicyclic) bond motifs is 1. The van der Waals surface area contributed by atoms with Crippen LogP contribution in [-0.4, -0.2) is 39.5 Å². The molecule has 0 aromatic heterocycles. The SMILES string of the molecule is COc1cc(/C(Cl)=N/N=C/c2ccc3c(c2)OCO3)cc(OC)c1OC. The molecule has 2 aromatic carbocycles. The van der Waals surface area contributed by atoms with Gasteiger partial charge in [-0.1, -0.05) is 11.6 Å². The highest BCUT2D eigenvalue weighted by Gasteiger charge is 2.15. The summed E-state index contributed by atoms with van der Waals surface area (Å²) in [4.78, 5) is 0. The van der Waals surface area contributed by atoms with E-state index in [0.717, 1.165) is 5.56 Å². The molecule has 3 rings (SSSR count). The second-order valence-electron chi connectivity index (χ2n) is 5.16. The highest BCUT2D eigenvalue weighted by molar-refractivity contribution is 6.69. The predicted molar refractivity (Wildman–Crippen MR) is 98.6 cm³/mol. The lowest BCUT2D eigenvalue weighted by Gasteiger charge is -2.13. The van der Waals surface area contributed by atoms with Gasteiger partial charge in [-0.05, 0) is 35.9 Å². The van der Waals surface area contributed by atoms with E-state index in [1.807, 2.05) is 18.2 Å². The van der Waals surface area contributed by atoms with Crippen molar-refractivity contribution in [1.82, 2.24) is 0 Å². The molecule has 1 aliphatic rings. The van der Waals surface area contributed by atoms with Crippen LogP contribution in [0.4, 0.5) is 0 Å². The van der Waals surface area contributed by atoms with Crippen LogP contribution in [-0.2, 0) is 0 Å². The molecule has 2 aromatic rings. The van der Waals surface area contributed by atoms with Gasteiger partial charge in [-0.15, -0.1) is 5.10 Å². The zero-order valence-electron chi connectivity index (χ0n) is 14.5. The molecule has 0 saturated carbocycles. The van der Waals surface area contributed by atoms with E-state index in [1.54, 1.807) is 18.3 Å². The average Bonchev–Trinajstić information content (AvgIpc) is 3.14. The normalized spacial score (nSPS) is 13.2. The van der Waals surface area contributed by atoms with Crippen LogP contribution in [0.1, 0.15) is 11.1 Å². The van der Waals surface area contributed by atoms with E-state index in [1.165, 1.54) is 21.3 Å². The van der Waals surface area contributed by atoms with Gasteiger partial charge in [0, 0.05) is 5.56 Å². The highest BCUT2D eigenvalue weighted by Crippen LogP contribution is 2.38. The fourth-order valence-electron chi connectivity index (χ4n) is 2.40. The zero-order chi connectivity index (χ0) is 18.5. The first-order chi connectivity index (χ1) is 12.7. The number of benzene rings is 2. The summed E-state index contributed by atoms with van der Waals surface area (Å²) in [6.45, 7) is 0.223. The van der Waals surface area contributed by atoms with Crippen LogP contribution in [0.15, 0.2) is 40.5 Å². The van der Waals surface area contributed by atoms with Crippen LogP contribution < -0.4 is 23.7 Å². The van der Waals surface area contributed by atoms with Gasteiger partial charge in [-0.3, -0.25) is 0 Å². The molecule has 0 amide bonds. The number of ether oxygens (including phenoxy) is 5. The summed E-state index contributed by atoms with van der Waals surface area (Å²) in [7, 11) is 4.60. The monoisotopic (exact) mass is 376 g/mol. The second kappa shape index (κ2) is 7.97. The van der Waals surface area contributed by atoms with E-state index in [2.05, 4.69) is 10.2 Å². The summed E-state index contributed by atoms with van der Waals surface area (Å²) in [5, 5.41) is 8.22. The average molecular weight is 377 g/mol. The lowest BCUT2D eigenvalue weighted by molar-refractivity contribution is 0.174. The lowest BCUT2D eigenvalue weighted by Crippen LogP contribution is -1.99. The Morgan fingerprint density at radius 2 is 1.69 bits per heavy atom. The quantitative estimate of drug-likeness (QED) is 0.570. The Morgan fingerprint density at radius 3 is 2.35 bits per heavy atom. The third kappa shape index (κ3) is 3.67. The minimum Gasteiger partial charge on any atom is -0.493 e. The Kier molecular flexibility index (Phi) is 5.48. The van der Waals surface area contributed by atoms with Crippen molar-refractivity contribution < 1.29 is 23.7 Å². The lowest BCUT2D eigenvalue weighted by atomic mass is 10.2. The molecular weight excluding hydrogens is 360 g/mol. The van der Waals surface area contributed by atoms with Crippen LogP contribution in [0.3, 0.4) is 0 Å². The van der Waals surface area contributed by atoms with Crippen LogP contribution in [0.2, 0.25) is 0 Å². The molecule has 0 saturated heterocycles. The Balaban J connectivity index is 1.83. The first kappa shape index (κ1) is 17.9. The van der Waals surface area contributed by atoms with Gasteiger partial charge in [0.1, 0.15) is 0 Å². The van der Waals surface area contributed by atoms with Gasteiger partial charge >= 0.3 is 0 Å². The summed E-state index contributed by atoms with van der Waals surface area (Å²) in [6, 6.07) is 8.87. The number of halogens is 1. The summed E-state index contributed by atoms with van der Waals surface area (Å²) in [6.07, 6.45) is 1.57. The van der Waals surface area contributed by atoms with E-state index in [9.17, 15) is 0 Å². The van der Waals surface area contributed by atoms with Crippen LogP contribution in [0.5, 0.6) is 28.7 Å². The van der Waals surface area contributed by atoms with Crippen LogP contribution >= 0.6 is 11.6 Å². The molecule has 0 N–H and O–H groups in total. The van der Waals surface area contributed by atoms with E-state index in [4.69, 9.17) is 35.3 Å². The van der Waals surface area contributed by atoms with Gasteiger partial charge in [-0.2, -0.15) is 5.10 Å². The Labute approximate surface area is 155 Å². The third-order valence-corrected chi connectivity index (χ3v) is 3.95. The Bertz CT molecular complexity index is 842. The summed E-state index contributed by atoms with van der Waals surface area (Å²) >= 11 is 6.26. The second-order valence-corrected chi connectivity index (χ2v) is 5.52. The van der Waals surface area contributed by atoms with Gasteiger partial charge in [0.15, 0.2) is 28.2 Å². The van der Waals surface area contributed by atoms with E-state index >= 15 is 0 Å². The minimum atomic E-state index is 0.182. The molecule has 0 fully saturated rings. The number of methoxy groups -OCH3 is 3. The maximum absolute atomic E-state index is 6.26. The first-order valence-corrected chi connectivity index (χ1v) is 8.00. The smallest absolute Gasteiger partial charge is 0.231 e. The molecule has 0 spiro atoms. The maximum Gasteiger partial charge on any atom is 0.231 e. The molecule has 0 radical (unpaired) electrons. The molecular formula is C18H17ClN2O5. The van der Waals surface area contributed by atoms with E-state index in [0.29, 0.717) is 34.3 Å². The van der Waals surface area contributed by atoms with Crippen molar-refractivity contribution in [3.63, 3.8) is 0 Å². The molecule has 1 heterocycles. The van der Waals surface area contributed by atoms with Gasteiger partial charge in [-0.25, -0.2) is 0 Å². The van der Waals surface area contributed by atoms with Crippen molar-refractivity contribution in [3.8, 4) is 28.7 Å². The summed E-state index contributed by atoms with van der Waals surface area (Å²) in [5.41, 5.74) is 1.40. The van der Waals surface area contributed by atoms with E-state index < -0.39 is 0 Å². The summed E-state index contributed by atoms with van der Waals surface area (Å²) in [5.74, 6) is 2.83. The van der Waals surface area contributed by atoms with Crippen molar-refractivity contribution in [2.45, 2.75) is 0 Å². The first-order valence-electron chi connectivity index (χ1n) is 7.62. The van der Waals surface area contributed by atoms with E-state index in [-0.39, 0.29) is 12.0 Å². The zero-order valence-corrected chi connectivity index (χ0v) is 15.2. The minimum absolute atomic E-state index is 0.182. The number of hydrogen-bond acceptors (Lipinski definition) is 7. The largest absolute Gasteiger partial charge is 0.493 e. The van der Waals surface area contributed by atoms with Gasteiger partial charge in [0.2, 0.25) is 12.5 Å². The molecule has 0 aliphatic carbocycles. The van der Waals surface area contributed by atoms with Crippen molar-refractivity contribution in [2.75, 3.05) is 28.1 Å². The standard InChI is InChI=1S/C18H17ClN2O5/c1-22-15-7-12(8-16(23-2)17(15)24-3)18(19)21-20-9-11-4-5-13-14(6-11)26-10-25-13/h4-9H,10H2,1-3H3/b20-9+,21-18-. The maximum atomic E-state index is 6.26. The topological polar surface area (TPSA) is 70.9 Å². The Morgan fingerprint density at radius 1 is 1.00 bits per heavy atom. The summed E-state index contributed by atoms with van der Waals surface area (Å²) < 4.78 is 26.5. The molecule has 8 heteroatoms. The molecule has 1 aliphatic heterocycles. The predicted octanol–water partition coefficient (Wildman–Crippen LogP) is 3.46. The molecule has 26 heavy (non-hydrogen) atoms. The third-order valence-electron chi connectivity index (χ3n) is 3.65. The molecule has 7 nitrogen and oxygen atoms in total. The molecule has 136 valence electrons. The Hall–Kier alpha value is -2.93. The van der Waals surface area contributed by atoms with Gasteiger partial charge in [0.05, 0.1) is 27.5 Å². The van der Waals surface area contributed by atoms with Crippen molar-refractivity contribution in [3.05, 3.63) is 41.5 Å². The van der Waals surface area contributed by atoms with Crippen LogP contribution in [0.25, 0.3) is 0 Å². The fraction of sp³-hybridized carbons (Fsp3) is 0.222. The van der Waals surface area contributed by atoms with Crippen molar-refractivity contribution in [1.29, 1.82) is 0 Å². The van der Waals surface area contributed by atoms with Crippen LogP contribution in [0, 0.1) is 0 Å². The number of nitrogens with zero attached hydrogens (tertiary/aromatic N) is 2. The molecule has 0 atom stereocenters. The fourth-order valence-corrected chi connectivity index (χ4v) is 2.55.